The van der Waals surface area contributed by atoms with Crippen molar-refractivity contribution in [1.29, 1.82) is 0 Å². The van der Waals surface area contributed by atoms with Crippen LogP contribution in [0.25, 0.3) is 0 Å². The molecule has 2 fully saturated rings. The monoisotopic (exact) mass is 268 g/mol. The van der Waals surface area contributed by atoms with Gasteiger partial charge in [0, 0.05) is 26.2 Å². The molecule has 0 amide bonds. The summed E-state index contributed by atoms with van der Waals surface area (Å²) in [5.41, 5.74) is 11.4. The Bertz CT molecular complexity index is 238. The highest BCUT2D eigenvalue weighted by atomic mass is 15.6. The van der Waals surface area contributed by atoms with Gasteiger partial charge in [0.2, 0.25) is 0 Å². The van der Waals surface area contributed by atoms with Crippen LogP contribution in [-0.2, 0) is 0 Å². The number of rotatable bonds is 6. The number of piperidine rings is 2. The summed E-state index contributed by atoms with van der Waals surface area (Å²) in [7, 11) is 0. The van der Waals surface area contributed by atoms with Crippen molar-refractivity contribution in [3.05, 3.63) is 0 Å². The van der Waals surface area contributed by atoms with Crippen molar-refractivity contribution in [3.8, 4) is 0 Å². The van der Waals surface area contributed by atoms with E-state index in [0.29, 0.717) is 0 Å². The first kappa shape index (κ1) is 15.2. The van der Waals surface area contributed by atoms with Gasteiger partial charge in [-0.25, -0.2) is 10.0 Å². The number of hydrazine groups is 1. The third kappa shape index (κ3) is 4.71. The van der Waals surface area contributed by atoms with E-state index in [-0.39, 0.29) is 0 Å². The highest BCUT2D eigenvalue weighted by molar-refractivity contribution is 4.76. The van der Waals surface area contributed by atoms with Crippen molar-refractivity contribution in [2.75, 3.05) is 39.3 Å². The molecular formula is C15H32N4. The van der Waals surface area contributed by atoms with Crippen LogP contribution in [0.4, 0.5) is 0 Å². The number of hydrogen-bond donors (Lipinski definition) is 2. The quantitative estimate of drug-likeness (QED) is 0.715. The number of nitrogens with two attached hydrogens (primary N) is 2. The minimum atomic E-state index is 0.765. The lowest BCUT2D eigenvalue weighted by molar-refractivity contribution is -0.0748. The van der Waals surface area contributed by atoms with E-state index < -0.39 is 0 Å². The van der Waals surface area contributed by atoms with Crippen LogP contribution in [0.5, 0.6) is 0 Å². The summed E-state index contributed by atoms with van der Waals surface area (Å²) in [6, 6.07) is 0. The predicted octanol–water partition coefficient (Wildman–Crippen LogP) is 1.41. The number of unbranched alkanes of at least 4 members (excludes halogenated alkanes) is 1. The second-order valence-corrected chi connectivity index (χ2v) is 6.34. The smallest absolute Gasteiger partial charge is 0.0161 e. The fraction of sp³-hybridized carbons (Fsp3) is 1.00. The minimum absolute atomic E-state index is 0.765. The maximum absolute atomic E-state index is 5.77. The van der Waals surface area contributed by atoms with E-state index in [1.54, 1.807) is 0 Å². The van der Waals surface area contributed by atoms with E-state index in [0.717, 1.165) is 24.9 Å². The molecule has 4 heteroatoms. The molecule has 0 spiro atoms. The topological polar surface area (TPSA) is 58.5 Å². The standard InChI is InChI=1S/C15H32N4/c16-8-2-1-4-15-5-3-9-19(13-15)18-10-6-14(12-17)7-11-18/h14-15H,1-13,16-17H2. The van der Waals surface area contributed by atoms with Gasteiger partial charge in [-0.15, -0.1) is 0 Å². The lowest BCUT2D eigenvalue weighted by atomic mass is 9.93. The Morgan fingerprint density at radius 2 is 1.63 bits per heavy atom. The van der Waals surface area contributed by atoms with Crippen molar-refractivity contribution in [2.45, 2.75) is 44.9 Å². The van der Waals surface area contributed by atoms with E-state index in [2.05, 4.69) is 10.0 Å². The third-order valence-electron chi connectivity index (χ3n) is 4.89. The summed E-state index contributed by atoms with van der Waals surface area (Å²) in [6.07, 6.45) is 9.22. The molecule has 4 nitrogen and oxygen atoms in total. The molecule has 2 rings (SSSR count). The van der Waals surface area contributed by atoms with Gasteiger partial charge in [-0.05, 0) is 63.5 Å². The molecule has 0 saturated carbocycles. The summed E-state index contributed by atoms with van der Waals surface area (Å²) >= 11 is 0. The third-order valence-corrected chi connectivity index (χ3v) is 4.89. The summed E-state index contributed by atoms with van der Waals surface area (Å²) in [4.78, 5) is 0. The molecule has 0 bridgehead atoms. The van der Waals surface area contributed by atoms with Crippen LogP contribution in [-0.4, -0.2) is 49.3 Å². The van der Waals surface area contributed by atoms with Gasteiger partial charge in [-0.3, -0.25) is 0 Å². The fourth-order valence-electron chi connectivity index (χ4n) is 3.55. The highest BCUT2D eigenvalue weighted by Gasteiger charge is 2.27. The van der Waals surface area contributed by atoms with Gasteiger partial charge >= 0.3 is 0 Å². The molecule has 2 aliphatic rings. The lowest BCUT2D eigenvalue weighted by Crippen LogP contribution is -2.51. The normalized spacial score (nSPS) is 27.8. The van der Waals surface area contributed by atoms with Gasteiger partial charge in [0.15, 0.2) is 0 Å². The summed E-state index contributed by atoms with van der Waals surface area (Å²) in [5, 5.41) is 5.23. The first-order valence-electron chi connectivity index (χ1n) is 8.23. The van der Waals surface area contributed by atoms with Crippen molar-refractivity contribution >= 4 is 0 Å². The van der Waals surface area contributed by atoms with Crippen molar-refractivity contribution in [1.82, 2.24) is 10.0 Å². The Labute approximate surface area is 118 Å². The molecular weight excluding hydrogens is 236 g/mol. The average molecular weight is 268 g/mol. The maximum atomic E-state index is 5.77. The fourth-order valence-corrected chi connectivity index (χ4v) is 3.55. The summed E-state index contributed by atoms with van der Waals surface area (Å²) < 4.78 is 0. The molecule has 0 radical (unpaired) electrons. The van der Waals surface area contributed by atoms with Crippen LogP contribution in [0, 0.1) is 11.8 Å². The molecule has 2 aliphatic heterocycles. The molecule has 0 aliphatic carbocycles. The molecule has 0 aromatic rings. The molecule has 0 aromatic carbocycles. The van der Waals surface area contributed by atoms with Crippen LogP contribution in [0.1, 0.15) is 44.9 Å². The molecule has 2 saturated heterocycles. The van der Waals surface area contributed by atoms with Gasteiger partial charge in [-0.1, -0.05) is 6.42 Å². The zero-order valence-corrected chi connectivity index (χ0v) is 12.4. The maximum Gasteiger partial charge on any atom is 0.0161 e. The second kappa shape index (κ2) is 8.20. The first-order valence-corrected chi connectivity index (χ1v) is 8.23. The Kier molecular flexibility index (Phi) is 6.57. The van der Waals surface area contributed by atoms with Crippen LogP contribution >= 0.6 is 0 Å². The van der Waals surface area contributed by atoms with Gasteiger partial charge in [0.1, 0.15) is 0 Å². The number of hydrogen-bond acceptors (Lipinski definition) is 4. The van der Waals surface area contributed by atoms with Crippen molar-refractivity contribution < 1.29 is 0 Å². The first-order chi connectivity index (χ1) is 9.33. The Hall–Kier alpha value is -0.160. The van der Waals surface area contributed by atoms with Crippen molar-refractivity contribution in [3.63, 3.8) is 0 Å². The lowest BCUT2D eigenvalue weighted by Gasteiger charge is -2.43. The average Bonchev–Trinajstić information content (AvgIpc) is 2.48. The van der Waals surface area contributed by atoms with Gasteiger partial charge in [0.25, 0.3) is 0 Å². The molecule has 19 heavy (non-hydrogen) atoms. The van der Waals surface area contributed by atoms with E-state index in [9.17, 15) is 0 Å². The van der Waals surface area contributed by atoms with Crippen LogP contribution in [0.15, 0.2) is 0 Å². The largest absolute Gasteiger partial charge is 0.330 e. The minimum Gasteiger partial charge on any atom is -0.330 e. The molecule has 1 unspecified atom stereocenters. The van der Waals surface area contributed by atoms with Crippen molar-refractivity contribution in [2.24, 2.45) is 23.3 Å². The Morgan fingerprint density at radius 1 is 0.842 bits per heavy atom. The summed E-state index contributed by atoms with van der Waals surface area (Å²) in [5.74, 6) is 1.66. The molecule has 112 valence electrons. The summed E-state index contributed by atoms with van der Waals surface area (Å²) in [6.45, 7) is 6.70. The molecule has 1 atom stereocenters. The Balaban J connectivity index is 1.71. The molecule has 4 N–H and O–H groups in total. The van der Waals surface area contributed by atoms with Crippen LogP contribution < -0.4 is 11.5 Å². The SMILES string of the molecule is NCCCCC1CCCN(N2CCC(CN)CC2)C1. The highest BCUT2D eigenvalue weighted by Crippen LogP contribution is 2.25. The van der Waals surface area contributed by atoms with Gasteiger partial charge in [-0.2, -0.15) is 0 Å². The molecule has 2 heterocycles. The van der Waals surface area contributed by atoms with Crippen LogP contribution in [0.3, 0.4) is 0 Å². The predicted molar refractivity (Wildman–Crippen MR) is 80.6 cm³/mol. The second-order valence-electron chi connectivity index (χ2n) is 6.34. The zero-order chi connectivity index (χ0) is 13.5. The zero-order valence-electron chi connectivity index (χ0n) is 12.4. The van der Waals surface area contributed by atoms with Gasteiger partial charge in [0.05, 0.1) is 0 Å². The Morgan fingerprint density at radius 3 is 2.32 bits per heavy atom. The van der Waals surface area contributed by atoms with E-state index in [1.807, 2.05) is 0 Å². The number of nitrogens with zero attached hydrogens (tertiary/aromatic N) is 2. The van der Waals surface area contributed by atoms with E-state index in [1.165, 1.54) is 71.1 Å². The van der Waals surface area contributed by atoms with E-state index >= 15 is 0 Å². The van der Waals surface area contributed by atoms with Crippen LogP contribution in [0.2, 0.25) is 0 Å². The molecule has 0 aromatic heterocycles. The van der Waals surface area contributed by atoms with E-state index in [4.69, 9.17) is 11.5 Å². The van der Waals surface area contributed by atoms with Gasteiger partial charge < -0.3 is 11.5 Å².